The Bertz CT molecular complexity index is 819. The third-order valence-electron chi connectivity index (χ3n) is 3.49. The first kappa shape index (κ1) is 18.9. The summed E-state index contributed by atoms with van der Waals surface area (Å²) >= 11 is 0. The van der Waals surface area contributed by atoms with Crippen LogP contribution in [0.1, 0.15) is 15.9 Å². The van der Waals surface area contributed by atoms with Gasteiger partial charge in [-0.1, -0.05) is 12.1 Å². The Kier molecular flexibility index (Phi) is 6.21. The summed E-state index contributed by atoms with van der Waals surface area (Å²) in [5.41, 5.74) is 1.50. The molecule has 0 saturated carbocycles. The zero-order chi connectivity index (χ0) is 19.1. The van der Waals surface area contributed by atoms with Crippen molar-refractivity contribution >= 4 is 23.6 Å². The number of hydrogen-bond acceptors (Lipinski definition) is 5. The van der Waals surface area contributed by atoms with Crippen molar-refractivity contribution in [1.29, 1.82) is 0 Å². The number of anilines is 1. The average Bonchev–Trinajstić information content (AvgIpc) is 2.65. The van der Waals surface area contributed by atoms with Crippen LogP contribution in [-0.4, -0.2) is 38.3 Å². The highest BCUT2D eigenvalue weighted by atomic mass is 16.5. The lowest BCUT2D eigenvalue weighted by Crippen LogP contribution is -2.12. The molecule has 0 fully saturated rings. The van der Waals surface area contributed by atoms with Crippen molar-refractivity contribution in [1.82, 2.24) is 0 Å². The lowest BCUT2D eigenvalue weighted by molar-refractivity contribution is -0.131. The topological polar surface area (TPSA) is 94.1 Å². The quantitative estimate of drug-likeness (QED) is 0.740. The minimum atomic E-state index is -1.04. The molecule has 0 unspecified atom stereocenters. The Morgan fingerprint density at radius 2 is 1.65 bits per heavy atom. The van der Waals surface area contributed by atoms with Gasteiger partial charge >= 0.3 is 5.97 Å². The maximum atomic E-state index is 12.6. The minimum Gasteiger partial charge on any atom is -0.493 e. The van der Waals surface area contributed by atoms with Crippen LogP contribution in [0.4, 0.5) is 5.69 Å². The third kappa shape index (κ3) is 4.54. The van der Waals surface area contributed by atoms with Gasteiger partial charge in [0.2, 0.25) is 5.75 Å². The maximum Gasteiger partial charge on any atom is 0.328 e. The Hall–Kier alpha value is -3.48. The Morgan fingerprint density at radius 3 is 2.19 bits per heavy atom. The third-order valence-corrected chi connectivity index (χ3v) is 3.49. The lowest BCUT2D eigenvalue weighted by Gasteiger charge is -2.14. The molecule has 0 heterocycles. The summed E-state index contributed by atoms with van der Waals surface area (Å²) in [5, 5.41) is 11.4. The molecule has 2 N–H and O–H groups in total. The fraction of sp³-hybridized carbons (Fsp3) is 0.158. The number of benzene rings is 2. The molecule has 7 nitrogen and oxygen atoms in total. The second-order valence-corrected chi connectivity index (χ2v) is 5.17. The summed E-state index contributed by atoms with van der Waals surface area (Å²) in [6.07, 6.45) is 2.47. The van der Waals surface area contributed by atoms with Gasteiger partial charge in [-0.25, -0.2) is 4.79 Å². The largest absolute Gasteiger partial charge is 0.493 e. The first-order valence-corrected chi connectivity index (χ1v) is 7.61. The van der Waals surface area contributed by atoms with E-state index in [0.717, 1.165) is 6.08 Å². The number of ether oxygens (including phenoxy) is 3. The van der Waals surface area contributed by atoms with Gasteiger partial charge < -0.3 is 24.6 Å². The Balaban J connectivity index is 2.27. The number of aliphatic carboxylic acids is 1. The summed E-state index contributed by atoms with van der Waals surface area (Å²) in [4.78, 5) is 23.2. The van der Waals surface area contributed by atoms with E-state index in [4.69, 9.17) is 19.3 Å². The molecule has 2 aromatic carbocycles. The number of methoxy groups -OCH3 is 3. The van der Waals surface area contributed by atoms with Crippen LogP contribution in [0.25, 0.3) is 6.08 Å². The second kappa shape index (κ2) is 8.57. The number of rotatable bonds is 7. The van der Waals surface area contributed by atoms with Crippen molar-refractivity contribution in [3.05, 3.63) is 53.6 Å². The van der Waals surface area contributed by atoms with Gasteiger partial charge in [0.25, 0.3) is 5.91 Å². The summed E-state index contributed by atoms with van der Waals surface area (Å²) in [5.74, 6) is -0.280. The van der Waals surface area contributed by atoms with Gasteiger partial charge in [-0.3, -0.25) is 4.79 Å². The van der Waals surface area contributed by atoms with E-state index < -0.39 is 5.97 Å². The highest BCUT2D eigenvalue weighted by molar-refractivity contribution is 6.05. The smallest absolute Gasteiger partial charge is 0.328 e. The molecule has 7 heteroatoms. The van der Waals surface area contributed by atoms with Crippen molar-refractivity contribution in [2.75, 3.05) is 26.6 Å². The standard InChI is InChI=1S/C19H19NO6/c1-24-15-10-13(11-16(25-2)18(15)26-3)19(23)20-14-6-4-5-12(9-14)7-8-17(21)22/h4-11H,1-3H3,(H,20,23)(H,21,22)/b8-7+. The molecule has 0 aromatic heterocycles. The number of hydrogen-bond donors (Lipinski definition) is 2. The van der Waals surface area contributed by atoms with E-state index in [9.17, 15) is 9.59 Å². The number of carboxylic acid groups (broad SMARTS) is 1. The van der Waals surface area contributed by atoms with Crippen LogP contribution in [0, 0.1) is 0 Å². The van der Waals surface area contributed by atoms with Gasteiger partial charge in [0.05, 0.1) is 21.3 Å². The number of carboxylic acids is 1. The molecule has 26 heavy (non-hydrogen) atoms. The molecule has 0 aliphatic carbocycles. The van der Waals surface area contributed by atoms with Gasteiger partial charge in [0, 0.05) is 17.3 Å². The monoisotopic (exact) mass is 357 g/mol. The van der Waals surface area contributed by atoms with Crippen LogP contribution in [0.2, 0.25) is 0 Å². The highest BCUT2D eigenvalue weighted by Gasteiger charge is 2.17. The molecule has 0 bridgehead atoms. The van der Waals surface area contributed by atoms with Crippen LogP contribution in [-0.2, 0) is 4.79 Å². The van der Waals surface area contributed by atoms with E-state index >= 15 is 0 Å². The molecule has 0 aliphatic heterocycles. The first-order chi connectivity index (χ1) is 12.5. The predicted molar refractivity (Wildman–Crippen MR) is 97.2 cm³/mol. The highest BCUT2D eigenvalue weighted by Crippen LogP contribution is 2.38. The summed E-state index contributed by atoms with van der Waals surface area (Å²) in [7, 11) is 4.42. The molecule has 0 spiro atoms. The Labute approximate surface area is 150 Å². The molecule has 2 aromatic rings. The molecular formula is C19H19NO6. The van der Waals surface area contributed by atoms with Crippen LogP contribution in [0.15, 0.2) is 42.5 Å². The normalized spacial score (nSPS) is 10.4. The van der Waals surface area contributed by atoms with Gasteiger partial charge in [0.15, 0.2) is 11.5 Å². The summed E-state index contributed by atoms with van der Waals surface area (Å²) < 4.78 is 15.7. The molecule has 0 atom stereocenters. The SMILES string of the molecule is COc1cc(C(=O)Nc2cccc(/C=C/C(=O)O)c2)cc(OC)c1OC. The second-order valence-electron chi connectivity index (χ2n) is 5.17. The lowest BCUT2D eigenvalue weighted by atomic mass is 10.1. The van der Waals surface area contributed by atoms with E-state index in [-0.39, 0.29) is 5.91 Å². The van der Waals surface area contributed by atoms with Crippen molar-refractivity contribution in [2.24, 2.45) is 0 Å². The average molecular weight is 357 g/mol. The minimum absolute atomic E-state index is 0.325. The van der Waals surface area contributed by atoms with Gasteiger partial charge in [-0.15, -0.1) is 0 Å². The molecule has 0 aliphatic rings. The fourth-order valence-electron chi connectivity index (χ4n) is 2.30. The van der Waals surface area contributed by atoms with E-state index in [2.05, 4.69) is 5.32 Å². The van der Waals surface area contributed by atoms with Crippen molar-refractivity contribution in [2.45, 2.75) is 0 Å². The summed E-state index contributed by atoms with van der Waals surface area (Å²) in [6, 6.07) is 9.90. The van der Waals surface area contributed by atoms with E-state index in [1.165, 1.54) is 27.4 Å². The zero-order valence-electron chi connectivity index (χ0n) is 14.6. The van der Waals surface area contributed by atoms with E-state index in [1.54, 1.807) is 36.4 Å². The number of amides is 1. The van der Waals surface area contributed by atoms with Gasteiger partial charge in [-0.2, -0.15) is 0 Å². The maximum absolute atomic E-state index is 12.6. The predicted octanol–water partition coefficient (Wildman–Crippen LogP) is 3.06. The molecule has 136 valence electrons. The number of carbonyl (C=O) groups excluding carboxylic acids is 1. The fourth-order valence-corrected chi connectivity index (χ4v) is 2.30. The molecule has 1 amide bonds. The molecule has 0 radical (unpaired) electrons. The van der Waals surface area contributed by atoms with Crippen molar-refractivity contribution in [3.8, 4) is 17.2 Å². The van der Waals surface area contributed by atoms with E-state index in [0.29, 0.717) is 34.1 Å². The summed E-state index contributed by atoms with van der Waals surface area (Å²) in [6.45, 7) is 0. The van der Waals surface area contributed by atoms with Crippen LogP contribution < -0.4 is 19.5 Å². The van der Waals surface area contributed by atoms with Crippen molar-refractivity contribution in [3.63, 3.8) is 0 Å². The van der Waals surface area contributed by atoms with Crippen LogP contribution >= 0.6 is 0 Å². The van der Waals surface area contributed by atoms with Crippen molar-refractivity contribution < 1.29 is 28.9 Å². The number of carbonyl (C=O) groups is 2. The van der Waals surface area contributed by atoms with E-state index in [1.807, 2.05) is 0 Å². The molecule has 0 saturated heterocycles. The first-order valence-electron chi connectivity index (χ1n) is 7.61. The molecule has 2 rings (SSSR count). The molecular weight excluding hydrogens is 338 g/mol. The Morgan fingerprint density at radius 1 is 1.00 bits per heavy atom. The zero-order valence-corrected chi connectivity index (χ0v) is 14.6. The van der Waals surface area contributed by atoms with Gasteiger partial charge in [-0.05, 0) is 35.9 Å². The van der Waals surface area contributed by atoms with Crippen LogP contribution in [0.5, 0.6) is 17.2 Å². The number of nitrogens with one attached hydrogen (secondary N) is 1. The van der Waals surface area contributed by atoms with Crippen LogP contribution in [0.3, 0.4) is 0 Å². The van der Waals surface area contributed by atoms with Gasteiger partial charge in [0.1, 0.15) is 0 Å².